The molecule has 0 spiro atoms. The van der Waals surface area contributed by atoms with E-state index in [0.717, 1.165) is 17.2 Å². The van der Waals surface area contributed by atoms with Gasteiger partial charge in [0.15, 0.2) is 17.0 Å². The van der Waals surface area contributed by atoms with Crippen molar-refractivity contribution in [2.24, 2.45) is 0 Å². The van der Waals surface area contributed by atoms with Gasteiger partial charge in [0.25, 0.3) is 5.91 Å². The maximum absolute atomic E-state index is 13.6. The summed E-state index contributed by atoms with van der Waals surface area (Å²) in [4.78, 5) is 16.6. The molecule has 1 N–H and O–H groups in total. The maximum Gasteiger partial charge on any atom is 0.433 e. The molecule has 0 aliphatic carbocycles. The van der Waals surface area contributed by atoms with Crippen molar-refractivity contribution in [2.75, 3.05) is 0 Å². The van der Waals surface area contributed by atoms with Crippen LogP contribution >= 0.6 is 0 Å². The van der Waals surface area contributed by atoms with E-state index in [0.29, 0.717) is 10.1 Å². The number of hydrogen-bond acceptors (Lipinski definition) is 3. The summed E-state index contributed by atoms with van der Waals surface area (Å²) in [6, 6.07) is 7.57. The van der Waals surface area contributed by atoms with Gasteiger partial charge in [0.1, 0.15) is 0 Å². The Bertz CT molecular complexity index is 1060. The first-order valence-corrected chi connectivity index (χ1v) is 8.73. The van der Waals surface area contributed by atoms with Gasteiger partial charge in [0.2, 0.25) is 0 Å². The third-order valence-corrected chi connectivity index (χ3v) is 4.24. The van der Waals surface area contributed by atoms with Crippen LogP contribution in [0, 0.1) is 13.8 Å². The number of rotatable bonds is 2. The lowest BCUT2D eigenvalue weighted by Gasteiger charge is -2.19. The lowest BCUT2D eigenvalue weighted by Crippen LogP contribution is -2.40. The Morgan fingerprint density at radius 2 is 1.71 bits per heavy atom. The summed E-state index contributed by atoms with van der Waals surface area (Å²) in [5, 5.41) is 6.54. The number of amides is 1. The second kappa shape index (κ2) is 6.61. The molecule has 1 aromatic carbocycles. The molecule has 8 heteroatoms. The molecule has 148 valence electrons. The van der Waals surface area contributed by atoms with E-state index < -0.39 is 23.3 Å². The fourth-order valence-electron chi connectivity index (χ4n) is 2.74. The number of benzene rings is 1. The molecule has 0 saturated carbocycles. The summed E-state index contributed by atoms with van der Waals surface area (Å²) in [5.74, 6) is -0.557. The van der Waals surface area contributed by atoms with Crippen molar-refractivity contribution in [3.63, 3.8) is 0 Å². The van der Waals surface area contributed by atoms with E-state index in [1.165, 1.54) is 6.07 Å². The number of nitrogens with one attached hydrogen (secondary N) is 1. The number of carbonyl (C=O) groups is 1. The highest BCUT2D eigenvalue weighted by atomic mass is 19.4. The molecule has 2 heterocycles. The van der Waals surface area contributed by atoms with Gasteiger partial charge in [-0.3, -0.25) is 4.79 Å². The Balaban J connectivity index is 2.18. The molecule has 0 radical (unpaired) electrons. The first-order chi connectivity index (χ1) is 12.8. The Morgan fingerprint density at radius 3 is 2.29 bits per heavy atom. The summed E-state index contributed by atoms with van der Waals surface area (Å²) in [6.45, 7) is 9.14. The second-order valence-corrected chi connectivity index (χ2v) is 7.83. The highest BCUT2D eigenvalue weighted by Crippen LogP contribution is 2.32. The van der Waals surface area contributed by atoms with Gasteiger partial charge in [0.05, 0.1) is 5.69 Å². The van der Waals surface area contributed by atoms with Crippen LogP contribution in [0.25, 0.3) is 16.9 Å². The number of aryl methyl sites for hydroxylation is 2. The number of carbonyl (C=O) groups excluding carboxylic acids is 1. The van der Waals surface area contributed by atoms with Gasteiger partial charge in [-0.2, -0.15) is 18.3 Å². The third kappa shape index (κ3) is 4.00. The van der Waals surface area contributed by atoms with Crippen molar-refractivity contribution in [2.45, 2.75) is 46.3 Å². The van der Waals surface area contributed by atoms with Crippen LogP contribution in [0.1, 0.15) is 48.1 Å². The number of aromatic nitrogens is 3. The van der Waals surface area contributed by atoms with Gasteiger partial charge in [-0.15, -0.1) is 0 Å². The van der Waals surface area contributed by atoms with Crippen molar-refractivity contribution in [1.29, 1.82) is 0 Å². The molecule has 0 saturated heterocycles. The average molecular weight is 390 g/mol. The molecular formula is C20H21F3N4O. The van der Waals surface area contributed by atoms with Crippen LogP contribution < -0.4 is 5.32 Å². The molecule has 5 nitrogen and oxygen atoms in total. The summed E-state index contributed by atoms with van der Waals surface area (Å²) < 4.78 is 41.6. The Kier molecular flexibility index (Phi) is 4.69. The molecule has 3 aromatic rings. The zero-order valence-corrected chi connectivity index (χ0v) is 16.3. The molecule has 0 aliphatic rings. The minimum atomic E-state index is -4.65. The smallest absolute Gasteiger partial charge is 0.346 e. The van der Waals surface area contributed by atoms with E-state index in [1.807, 2.05) is 19.9 Å². The van der Waals surface area contributed by atoms with E-state index in [1.54, 1.807) is 32.9 Å². The first-order valence-electron chi connectivity index (χ1n) is 8.73. The van der Waals surface area contributed by atoms with E-state index >= 15 is 0 Å². The molecule has 0 fully saturated rings. The standard InChI is InChI=1S/C20H21F3N4O/c1-11-6-7-13(8-12(11)2)14-9-16(20(21,22)23)27-17(24-14)10-15(26-27)18(28)25-19(3,4)5/h6-10H,1-5H3,(H,25,28). The van der Waals surface area contributed by atoms with Crippen molar-refractivity contribution in [1.82, 2.24) is 19.9 Å². The van der Waals surface area contributed by atoms with Gasteiger partial charge in [-0.25, -0.2) is 9.50 Å². The van der Waals surface area contributed by atoms with Gasteiger partial charge >= 0.3 is 6.18 Å². The normalized spacial score (nSPS) is 12.4. The quantitative estimate of drug-likeness (QED) is 0.698. The van der Waals surface area contributed by atoms with E-state index in [4.69, 9.17) is 0 Å². The molecule has 2 aromatic heterocycles. The number of alkyl halides is 3. The first kappa shape index (κ1) is 19.9. The van der Waals surface area contributed by atoms with Crippen molar-refractivity contribution < 1.29 is 18.0 Å². The SMILES string of the molecule is Cc1ccc(-c2cc(C(F)(F)F)n3nc(C(=O)NC(C)(C)C)cc3n2)cc1C. The number of hydrogen-bond donors (Lipinski definition) is 1. The van der Waals surface area contributed by atoms with Crippen LogP contribution in [0.3, 0.4) is 0 Å². The average Bonchev–Trinajstić information content (AvgIpc) is 2.98. The lowest BCUT2D eigenvalue weighted by molar-refractivity contribution is -0.142. The van der Waals surface area contributed by atoms with E-state index in [2.05, 4.69) is 15.4 Å². The zero-order valence-electron chi connectivity index (χ0n) is 16.3. The highest BCUT2D eigenvalue weighted by Gasteiger charge is 2.35. The van der Waals surface area contributed by atoms with Crippen LogP contribution in [0.2, 0.25) is 0 Å². The van der Waals surface area contributed by atoms with Gasteiger partial charge in [-0.1, -0.05) is 12.1 Å². The summed E-state index contributed by atoms with van der Waals surface area (Å²) >= 11 is 0. The predicted molar refractivity (Wildman–Crippen MR) is 100 cm³/mol. The Hall–Kier alpha value is -2.90. The van der Waals surface area contributed by atoms with Gasteiger partial charge < -0.3 is 5.32 Å². The second-order valence-electron chi connectivity index (χ2n) is 7.83. The molecule has 0 aliphatic heterocycles. The van der Waals surface area contributed by atoms with Crippen LogP contribution in [0.15, 0.2) is 30.3 Å². The van der Waals surface area contributed by atoms with E-state index in [-0.39, 0.29) is 17.0 Å². The minimum absolute atomic E-state index is 0.0397. The van der Waals surface area contributed by atoms with Crippen LogP contribution in [-0.2, 0) is 6.18 Å². The minimum Gasteiger partial charge on any atom is -0.346 e. The molecule has 1 amide bonds. The topological polar surface area (TPSA) is 59.3 Å². The summed E-state index contributed by atoms with van der Waals surface area (Å²) in [7, 11) is 0. The van der Waals surface area contributed by atoms with Crippen LogP contribution in [-0.4, -0.2) is 26.0 Å². The zero-order chi connectivity index (χ0) is 20.9. The fraction of sp³-hybridized carbons (Fsp3) is 0.350. The number of nitrogens with zero attached hydrogens (tertiary/aromatic N) is 3. The molecule has 0 atom stereocenters. The summed E-state index contributed by atoms with van der Waals surface area (Å²) in [5.41, 5.74) is 1.03. The Labute approximate surface area is 160 Å². The van der Waals surface area contributed by atoms with Crippen molar-refractivity contribution >= 4 is 11.6 Å². The monoisotopic (exact) mass is 390 g/mol. The Morgan fingerprint density at radius 1 is 1.04 bits per heavy atom. The lowest BCUT2D eigenvalue weighted by atomic mass is 10.0. The molecule has 0 unspecified atom stereocenters. The van der Waals surface area contributed by atoms with E-state index in [9.17, 15) is 18.0 Å². The number of fused-ring (bicyclic) bond motifs is 1. The largest absolute Gasteiger partial charge is 0.433 e. The van der Waals surface area contributed by atoms with Crippen molar-refractivity contribution in [3.05, 3.63) is 52.8 Å². The maximum atomic E-state index is 13.6. The van der Waals surface area contributed by atoms with Crippen LogP contribution in [0.5, 0.6) is 0 Å². The fourth-order valence-corrected chi connectivity index (χ4v) is 2.74. The predicted octanol–water partition coefficient (Wildman–Crippen LogP) is 4.56. The van der Waals surface area contributed by atoms with Crippen molar-refractivity contribution in [3.8, 4) is 11.3 Å². The number of halogens is 3. The molecule has 28 heavy (non-hydrogen) atoms. The third-order valence-electron chi connectivity index (χ3n) is 4.24. The van der Waals surface area contributed by atoms with Gasteiger partial charge in [0, 0.05) is 17.2 Å². The molecular weight excluding hydrogens is 369 g/mol. The molecule has 3 rings (SSSR count). The highest BCUT2D eigenvalue weighted by molar-refractivity contribution is 5.93. The van der Waals surface area contributed by atoms with Crippen LogP contribution in [0.4, 0.5) is 13.2 Å². The summed E-state index contributed by atoms with van der Waals surface area (Å²) in [6.07, 6.45) is -4.65. The van der Waals surface area contributed by atoms with Gasteiger partial charge in [-0.05, 0) is 57.9 Å². The molecule has 0 bridgehead atoms.